The number of nitrogens with one attached hydrogen (secondary N) is 1. The monoisotopic (exact) mass is 191 g/mol. The SMILES string of the molecule is CCc1nc2c(C(=O)O)cncc2[nH]1. The van der Waals surface area contributed by atoms with Gasteiger partial charge in [-0.15, -0.1) is 0 Å². The number of hydrogen-bond acceptors (Lipinski definition) is 3. The number of aryl methyl sites for hydroxylation is 1. The molecule has 0 bridgehead atoms. The zero-order valence-electron chi connectivity index (χ0n) is 7.61. The summed E-state index contributed by atoms with van der Waals surface area (Å²) in [5, 5.41) is 8.87. The van der Waals surface area contributed by atoms with Crippen LogP contribution in [0.3, 0.4) is 0 Å². The highest BCUT2D eigenvalue weighted by atomic mass is 16.4. The van der Waals surface area contributed by atoms with Gasteiger partial charge in [-0.25, -0.2) is 9.78 Å². The first kappa shape index (κ1) is 8.68. The standard InChI is InChI=1S/C9H9N3O2/c1-2-7-11-6-4-10-3-5(9(13)14)8(6)12-7/h3-4H,2H2,1H3,(H,11,12)(H,13,14). The van der Waals surface area contributed by atoms with Crippen LogP contribution in [0.4, 0.5) is 0 Å². The van der Waals surface area contributed by atoms with Crippen molar-refractivity contribution in [3.63, 3.8) is 0 Å². The lowest BCUT2D eigenvalue weighted by molar-refractivity contribution is 0.0698. The van der Waals surface area contributed by atoms with Crippen LogP contribution in [-0.2, 0) is 6.42 Å². The number of carbonyl (C=O) groups is 1. The van der Waals surface area contributed by atoms with Crippen LogP contribution in [0, 0.1) is 0 Å². The van der Waals surface area contributed by atoms with Gasteiger partial charge in [-0.2, -0.15) is 0 Å². The molecule has 14 heavy (non-hydrogen) atoms. The maximum atomic E-state index is 10.8. The summed E-state index contributed by atoms with van der Waals surface area (Å²) in [6, 6.07) is 0. The minimum absolute atomic E-state index is 0.137. The van der Waals surface area contributed by atoms with E-state index in [1.807, 2.05) is 6.92 Å². The van der Waals surface area contributed by atoms with E-state index in [2.05, 4.69) is 15.0 Å². The van der Waals surface area contributed by atoms with E-state index in [1.54, 1.807) is 6.20 Å². The van der Waals surface area contributed by atoms with Gasteiger partial charge in [0, 0.05) is 12.6 Å². The van der Waals surface area contributed by atoms with E-state index in [-0.39, 0.29) is 5.56 Å². The predicted molar refractivity (Wildman–Crippen MR) is 50.2 cm³/mol. The first-order chi connectivity index (χ1) is 6.72. The van der Waals surface area contributed by atoms with E-state index >= 15 is 0 Å². The number of carboxylic acid groups (broad SMARTS) is 1. The molecular weight excluding hydrogens is 182 g/mol. The van der Waals surface area contributed by atoms with Crippen molar-refractivity contribution in [3.8, 4) is 0 Å². The summed E-state index contributed by atoms with van der Waals surface area (Å²) in [5.74, 6) is -0.229. The molecule has 0 amide bonds. The van der Waals surface area contributed by atoms with Gasteiger partial charge in [-0.05, 0) is 0 Å². The topological polar surface area (TPSA) is 78.9 Å². The van der Waals surface area contributed by atoms with Gasteiger partial charge in [0.2, 0.25) is 0 Å². The third-order valence-electron chi connectivity index (χ3n) is 2.01. The van der Waals surface area contributed by atoms with E-state index in [0.29, 0.717) is 11.0 Å². The van der Waals surface area contributed by atoms with Crippen molar-refractivity contribution < 1.29 is 9.90 Å². The summed E-state index contributed by atoms with van der Waals surface area (Å²) in [7, 11) is 0. The Hall–Kier alpha value is -1.91. The van der Waals surface area contributed by atoms with Crippen LogP contribution < -0.4 is 0 Å². The fourth-order valence-corrected chi connectivity index (χ4v) is 1.31. The summed E-state index contributed by atoms with van der Waals surface area (Å²) >= 11 is 0. The van der Waals surface area contributed by atoms with Crippen LogP contribution in [0.5, 0.6) is 0 Å². The number of pyridine rings is 1. The molecule has 72 valence electrons. The number of aromatic nitrogens is 3. The molecule has 0 saturated carbocycles. The van der Waals surface area contributed by atoms with Gasteiger partial charge in [-0.3, -0.25) is 4.98 Å². The Morgan fingerprint density at radius 1 is 1.57 bits per heavy atom. The number of nitrogens with zero attached hydrogens (tertiary/aromatic N) is 2. The van der Waals surface area contributed by atoms with Crippen LogP contribution >= 0.6 is 0 Å². The Labute approximate surface area is 79.8 Å². The molecule has 0 radical (unpaired) electrons. The second-order valence-electron chi connectivity index (χ2n) is 2.93. The summed E-state index contributed by atoms with van der Waals surface area (Å²) < 4.78 is 0. The molecule has 0 saturated heterocycles. The van der Waals surface area contributed by atoms with Crippen molar-refractivity contribution in [3.05, 3.63) is 23.8 Å². The quantitative estimate of drug-likeness (QED) is 0.747. The lowest BCUT2D eigenvalue weighted by atomic mass is 10.2. The first-order valence-corrected chi connectivity index (χ1v) is 4.28. The van der Waals surface area contributed by atoms with Crippen LogP contribution in [-0.4, -0.2) is 26.0 Å². The third-order valence-corrected chi connectivity index (χ3v) is 2.01. The first-order valence-electron chi connectivity index (χ1n) is 4.28. The second kappa shape index (κ2) is 3.10. The lowest BCUT2D eigenvalue weighted by Gasteiger charge is -1.92. The average molecular weight is 191 g/mol. The Morgan fingerprint density at radius 3 is 3.00 bits per heavy atom. The predicted octanol–water partition coefficient (Wildman–Crippen LogP) is 1.22. The van der Waals surface area contributed by atoms with E-state index in [9.17, 15) is 4.79 Å². The van der Waals surface area contributed by atoms with Gasteiger partial charge >= 0.3 is 5.97 Å². The Bertz CT molecular complexity index is 490. The summed E-state index contributed by atoms with van der Waals surface area (Å²) in [6.07, 6.45) is 3.63. The van der Waals surface area contributed by atoms with Gasteiger partial charge in [-0.1, -0.05) is 6.92 Å². The highest BCUT2D eigenvalue weighted by molar-refractivity contribution is 6.00. The second-order valence-corrected chi connectivity index (χ2v) is 2.93. The van der Waals surface area contributed by atoms with E-state index in [4.69, 9.17) is 5.11 Å². The normalized spacial score (nSPS) is 10.6. The molecule has 0 aromatic carbocycles. The van der Waals surface area contributed by atoms with Crippen molar-refractivity contribution in [2.45, 2.75) is 13.3 Å². The van der Waals surface area contributed by atoms with Gasteiger partial charge < -0.3 is 10.1 Å². The minimum Gasteiger partial charge on any atom is -0.478 e. The van der Waals surface area contributed by atoms with E-state index in [0.717, 1.165) is 12.2 Å². The maximum absolute atomic E-state index is 10.8. The Kier molecular flexibility index (Phi) is 1.92. The molecule has 0 fully saturated rings. The zero-order chi connectivity index (χ0) is 10.1. The van der Waals surface area contributed by atoms with E-state index < -0.39 is 5.97 Å². The number of carboxylic acids is 1. The van der Waals surface area contributed by atoms with Crippen molar-refractivity contribution in [2.75, 3.05) is 0 Å². The average Bonchev–Trinajstić information content (AvgIpc) is 2.59. The third kappa shape index (κ3) is 1.22. The van der Waals surface area contributed by atoms with Gasteiger partial charge in [0.05, 0.1) is 11.7 Å². The Morgan fingerprint density at radius 2 is 2.36 bits per heavy atom. The van der Waals surface area contributed by atoms with Gasteiger partial charge in [0.15, 0.2) is 0 Å². The zero-order valence-corrected chi connectivity index (χ0v) is 7.61. The van der Waals surface area contributed by atoms with Crippen LogP contribution in [0.2, 0.25) is 0 Å². The molecule has 2 aromatic rings. The molecular formula is C9H9N3O2. The number of rotatable bonds is 2. The lowest BCUT2D eigenvalue weighted by Crippen LogP contribution is -1.98. The van der Waals surface area contributed by atoms with Crippen LogP contribution in [0.1, 0.15) is 23.1 Å². The van der Waals surface area contributed by atoms with Crippen molar-refractivity contribution in [1.29, 1.82) is 0 Å². The number of aromatic amines is 1. The van der Waals surface area contributed by atoms with Gasteiger partial charge in [0.25, 0.3) is 0 Å². The minimum atomic E-state index is -1.00. The fraction of sp³-hybridized carbons (Fsp3) is 0.222. The summed E-state index contributed by atoms with van der Waals surface area (Å²) in [5.41, 5.74) is 1.28. The Balaban J connectivity index is 2.73. The fourth-order valence-electron chi connectivity index (χ4n) is 1.31. The number of hydrogen-bond donors (Lipinski definition) is 2. The van der Waals surface area contributed by atoms with Crippen LogP contribution in [0.15, 0.2) is 12.4 Å². The summed E-state index contributed by atoms with van der Waals surface area (Å²) in [6.45, 7) is 1.95. The van der Waals surface area contributed by atoms with Crippen molar-refractivity contribution >= 4 is 17.0 Å². The molecule has 5 nitrogen and oxygen atoms in total. The largest absolute Gasteiger partial charge is 0.478 e. The van der Waals surface area contributed by atoms with Crippen molar-refractivity contribution in [1.82, 2.24) is 15.0 Å². The number of aromatic carboxylic acids is 1. The molecule has 5 heteroatoms. The number of H-pyrrole nitrogens is 1. The molecule has 0 aliphatic rings. The molecule has 0 aliphatic heterocycles. The molecule has 2 heterocycles. The summed E-state index contributed by atoms with van der Waals surface area (Å²) in [4.78, 5) is 21.8. The number of fused-ring (bicyclic) bond motifs is 1. The molecule has 2 aromatic heterocycles. The smallest absolute Gasteiger partial charge is 0.339 e. The molecule has 0 atom stereocenters. The highest BCUT2D eigenvalue weighted by Gasteiger charge is 2.12. The van der Waals surface area contributed by atoms with Gasteiger partial charge in [0.1, 0.15) is 16.9 Å². The molecule has 0 unspecified atom stereocenters. The molecule has 0 spiro atoms. The van der Waals surface area contributed by atoms with E-state index in [1.165, 1.54) is 6.20 Å². The van der Waals surface area contributed by atoms with Crippen LogP contribution in [0.25, 0.3) is 11.0 Å². The maximum Gasteiger partial charge on any atom is 0.339 e. The number of imidazole rings is 1. The van der Waals surface area contributed by atoms with Crippen molar-refractivity contribution in [2.24, 2.45) is 0 Å². The highest BCUT2D eigenvalue weighted by Crippen LogP contribution is 2.14. The molecule has 2 rings (SSSR count). The molecule has 2 N–H and O–H groups in total. The molecule has 0 aliphatic carbocycles.